The first kappa shape index (κ1) is 65.0. The maximum atomic E-state index is 11.2. The predicted molar refractivity (Wildman–Crippen MR) is 254 cm³/mol. The van der Waals surface area contributed by atoms with Gasteiger partial charge in [-0.3, -0.25) is 9.59 Å². The van der Waals surface area contributed by atoms with Crippen molar-refractivity contribution in [3.63, 3.8) is 0 Å². The van der Waals surface area contributed by atoms with Gasteiger partial charge in [0, 0.05) is 46.3 Å². The van der Waals surface area contributed by atoms with Crippen LogP contribution in [-0.2, 0) is 60.9 Å². The quantitative estimate of drug-likeness (QED) is 0.0379. The maximum absolute atomic E-state index is 11.2. The molecule has 3 rings (SSSR count). The Morgan fingerprint density at radius 3 is 1.76 bits per heavy atom. The Morgan fingerprint density at radius 2 is 1.29 bits per heavy atom. The Morgan fingerprint density at radius 1 is 0.818 bits per heavy atom. The number of aromatic hydroxyl groups is 4. The van der Waals surface area contributed by atoms with Crippen molar-refractivity contribution < 1.29 is 68.2 Å². The van der Waals surface area contributed by atoms with E-state index in [4.69, 9.17) is 35.3 Å². The van der Waals surface area contributed by atoms with Gasteiger partial charge in [0.1, 0.15) is 0 Å². The van der Waals surface area contributed by atoms with E-state index in [0.717, 1.165) is 43.7 Å². The van der Waals surface area contributed by atoms with Crippen LogP contribution in [0.3, 0.4) is 0 Å². The first-order chi connectivity index (χ1) is 24.8. The summed E-state index contributed by atoms with van der Waals surface area (Å²) >= 11 is 12.1. The first-order valence-corrected chi connectivity index (χ1v) is 38.1. The number of hydrogen-bond donors (Lipinski definition) is 6. The number of phenols is 4. The zero-order valence-corrected chi connectivity index (χ0v) is 42.4. The number of benzene rings is 2. The van der Waals surface area contributed by atoms with Crippen LogP contribution in [0.4, 0.5) is 0 Å². The fourth-order valence-electron chi connectivity index (χ4n) is 3.46. The van der Waals surface area contributed by atoms with E-state index in [9.17, 15) is 19.5 Å². The van der Waals surface area contributed by atoms with Crippen molar-refractivity contribution in [2.45, 2.75) is 80.8 Å². The van der Waals surface area contributed by atoms with Crippen LogP contribution in [0.2, 0.25) is 0 Å². The number of rotatable bonds is 17. The molecule has 7 N–H and O–H groups in total. The average Bonchev–Trinajstić information content (AvgIpc) is 3.41. The van der Waals surface area contributed by atoms with Gasteiger partial charge in [0.15, 0.2) is 23.0 Å². The zero-order chi connectivity index (χ0) is 39.7. The van der Waals surface area contributed by atoms with E-state index >= 15 is 0 Å². The van der Waals surface area contributed by atoms with E-state index in [2.05, 4.69) is 117 Å². The fraction of sp³-hybridized carbons (Fsp3) is 0.559. The molecule has 14 nitrogen and oxygen atoms in total. The Bertz CT molecular complexity index is 1240. The topological polar surface area (TPSA) is 210 Å². The molecule has 1 aliphatic rings. The van der Waals surface area contributed by atoms with Crippen LogP contribution in [0.25, 0.3) is 0 Å². The number of unbranched alkanes of at least 4 members (excludes halogenated alkanes) is 1. The fourth-order valence-corrected chi connectivity index (χ4v) is 3.46. The SMILES string of the molecule is C.C.C.CCCCOCCCNCc1ccc(O)c(O)c1.COCCOCCC(=O)ON1C(=O)CCC1=O.NCc1ccc(O)c(O)c1.[I][V]([I])[I].[I][V][I]. The van der Waals surface area contributed by atoms with Crippen molar-refractivity contribution in [2.24, 2.45) is 5.73 Å². The summed E-state index contributed by atoms with van der Waals surface area (Å²) in [7, 11) is 2.17. The van der Waals surface area contributed by atoms with E-state index in [-0.39, 0.29) is 76.1 Å². The average molecular weight is 1420 g/mol. The molecule has 0 radical (unpaired) electrons. The van der Waals surface area contributed by atoms with Crippen LogP contribution >= 0.6 is 99.9 Å². The van der Waals surface area contributed by atoms with Crippen LogP contribution in [0, 0.1) is 0 Å². The second-order valence-electron chi connectivity index (χ2n) is 10.0. The third-order valence-electron chi connectivity index (χ3n) is 6.01. The second-order valence-corrected chi connectivity index (χ2v) is 57.2. The summed E-state index contributed by atoms with van der Waals surface area (Å²) in [5, 5.41) is 40.1. The number of hydrogen-bond acceptors (Lipinski definition) is 13. The molecule has 0 aliphatic carbocycles. The third-order valence-corrected chi connectivity index (χ3v) is 6.01. The molecule has 1 saturated heterocycles. The molecule has 21 heteroatoms. The van der Waals surface area contributed by atoms with E-state index in [1.165, 1.54) is 24.6 Å². The molecule has 2 amide bonds. The minimum atomic E-state index is -0.661. The number of nitrogens with zero attached hydrogens (tertiary/aromatic N) is 1. The van der Waals surface area contributed by atoms with Gasteiger partial charge in [-0.15, -0.1) is 5.06 Å². The molecule has 1 aliphatic heterocycles. The number of carbonyl (C=O) groups excluding carboxylic acids is 3. The molecular weight excluding hydrogens is 1360 g/mol. The summed E-state index contributed by atoms with van der Waals surface area (Å²) in [4.78, 5) is 37.8. The molecule has 2 aromatic rings. The normalized spacial score (nSPS) is 11.0. The molecule has 1 fully saturated rings. The number of imide groups is 1. The summed E-state index contributed by atoms with van der Waals surface area (Å²) in [5.74, 6) is -2.02. The van der Waals surface area contributed by atoms with Gasteiger partial charge in [-0.05, 0) is 54.8 Å². The van der Waals surface area contributed by atoms with Gasteiger partial charge in [0.05, 0.1) is 26.2 Å². The Labute approximate surface area is 394 Å². The number of phenolic OH excluding ortho intramolecular Hbond substituents is 4. The second kappa shape index (κ2) is 44.4. The number of hydroxylamine groups is 2. The summed E-state index contributed by atoms with van der Waals surface area (Å²) in [6.45, 7) is 6.71. The van der Waals surface area contributed by atoms with Gasteiger partial charge in [0.2, 0.25) is 0 Å². The van der Waals surface area contributed by atoms with E-state index in [0.29, 0.717) is 40.8 Å². The molecular formula is C34H59I5N3O11V2. The molecule has 321 valence electrons. The van der Waals surface area contributed by atoms with Gasteiger partial charge in [-0.2, -0.15) is 0 Å². The number of methoxy groups -OCH3 is 1. The number of amides is 2. The molecule has 0 atom stereocenters. The number of nitrogens with one attached hydrogen (secondary N) is 1. The molecule has 55 heavy (non-hydrogen) atoms. The van der Waals surface area contributed by atoms with Crippen LogP contribution in [0.15, 0.2) is 36.4 Å². The zero-order valence-electron chi connectivity index (χ0n) is 28.8. The Kier molecular flexibility index (Phi) is 52.5. The van der Waals surface area contributed by atoms with Gasteiger partial charge < -0.3 is 50.5 Å². The van der Waals surface area contributed by atoms with Crippen LogP contribution < -0.4 is 11.1 Å². The van der Waals surface area contributed by atoms with E-state index in [1.807, 2.05) is 0 Å². The van der Waals surface area contributed by atoms with Crippen LogP contribution in [-0.4, -0.2) is 90.0 Å². The predicted octanol–water partition coefficient (Wildman–Crippen LogP) is 8.93. The molecule has 0 aromatic heterocycles. The van der Waals surface area contributed by atoms with Crippen molar-refractivity contribution in [3.8, 4) is 23.0 Å². The summed E-state index contributed by atoms with van der Waals surface area (Å²) < 4.78 is 15.2. The van der Waals surface area contributed by atoms with Crippen molar-refractivity contribution in [2.75, 3.05) is 46.7 Å². The van der Waals surface area contributed by atoms with Gasteiger partial charge in [0.25, 0.3) is 11.8 Å². The van der Waals surface area contributed by atoms with Crippen molar-refractivity contribution in [3.05, 3.63) is 47.5 Å². The standard InChI is InChI=1S/C14H23NO3.C10H15NO6.C7H9NO2.3CH4.5HI.2V/c1-2-3-8-18-9-4-7-15-11-12-5-6-13(16)14(17)10-12;1-15-6-7-16-5-4-10(14)17-11-8(12)2-3-9(11)13;8-4-5-1-2-6(9)7(10)3-5;;;;;;;;;;/h5-6,10,15-17H,2-4,7-9,11H2,1H3;2-7H2,1H3;1-3,9-10H,4,8H2;3*1H4;5*1H;;/q;;;;;;;;;;;+2;+3/p-5. The first-order valence-electron chi connectivity index (χ1n) is 15.6. The number of carbonyl (C=O) groups is 3. The van der Waals surface area contributed by atoms with Crippen LogP contribution in [0.1, 0.15) is 78.9 Å². The van der Waals surface area contributed by atoms with Crippen molar-refractivity contribution in [1.29, 1.82) is 0 Å². The Hall–Kier alpha value is 0.869. The van der Waals surface area contributed by atoms with Crippen molar-refractivity contribution >= 4 is 118 Å². The third kappa shape index (κ3) is 38.8. The van der Waals surface area contributed by atoms with Gasteiger partial charge in [-0.25, -0.2) is 4.79 Å². The number of ether oxygens (including phenoxy) is 3. The van der Waals surface area contributed by atoms with Gasteiger partial charge in [-0.1, -0.05) is 47.8 Å². The Balaban J connectivity index is -0.000000209. The summed E-state index contributed by atoms with van der Waals surface area (Å²) in [6.07, 6.45) is 3.45. The summed E-state index contributed by atoms with van der Waals surface area (Å²) in [5.41, 5.74) is 7.03. The summed E-state index contributed by atoms with van der Waals surface area (Å²) in [6, 6.07) is 9.38. The number of halogens is 5. The number of nitrogens with two attached hydrogens (primary N) is 1. The van der Waals surface area contributed by atoms with Gasteiger partial charge >= 0.3 is 120 Å². The van der Waals surface area contributed by atoms with Crippen molar-refractivity contribution in [1.82, 2.24) is 10.4 Å². The van der Waals surface area contributed by atoms with E-state index < -0.39 is 17.8 Å². The molecule has 1 heterocycles. The van der Waals surface area contributed by atoms with E-state index in [1.54, 1.807) is 25.3 Å². The monoisotopic (exact) mass is 1420 g/mol. The molecule has 0 saturated carbocycles. The molecule has 2 aromatic carbocycles. The minimum absolute atomic E-state index is 0. The van der Waals surface area contributed by atoms with Crippen LogP contribution in [0.5, 0.6) is 23.0 Å². The molecule has 0 unspecified atom stereocenters. The molecule has 0 spiro atoms. The molecule has 0 bridgehead atoms.